The highest BCUT2D eigenvalue weighted by atomic mass is 16.6. The van der Waals surface area contributed by atoms with Crippen molar-refractivity contribution in [2.75, 3.05) is 13.2 Å². The van der Waals surface area contributed by atoms with E-state index in [1.807, 2.05) is 0 Å². The first-order valence-electron chi connectivity index (χ1n) is 22.8. The molecular formula is C49H86O5. The number of carbonyl (C=O) groups excluding carboxylic acids is 2. The number of hydrogen-bond donors (Lipinski definition) is 1. The van der Waals surface area contributed by atoms with Gasteiger partial charge >= 0.3 is 11.9 Å². The van der Waals surface area contributed by atoms with Gasteiger partial charge in [-0.15, -0.1) is 0 Å². The van der Waals surface area contributed by atoms with Crippen LogP contribution < -0.4 is 0 Å². The first-order chi connectivity index (χ1) is 26.6. The minimum Gasteiger partial charge on any atom is -0.462 e. The molecule has 1 unspecified atom stereocenters. The van der Waals surface area contributed by atoms with Crippen molar-refractivity contribution in [1.29, 1.82) is 0 Å². The molecule has 1 N–H and O–H groups in total. The Bertz CT molecular complexity index is 946. The van der Waals surface area contributed by atoms with Crippen molar-refractivity contribution in [2.24, 2.45) is 0 Å². The summed E-state index contributed by atoms with van der Waals surface area (Å²) in [5, 5.41) is 9.59. The Kier molecular flexibility index (Phi) is 43.0. The molecule has 0 saturated heterocycles. The van der Waals surface area contributed by atoms with Crippen molar-refractivity contribution in [2.45, 2.75) is 225 Å². The highest BCUT2D eigenvalue weighted by molar-refractivity contribution is 5.70. The van der Waals surface area contributed by atoms with Gasteiger partial charge in [-0.2, -0.15) is 0 Å². The van der Waals surface area contributed by atoms with Gasteiger partial charge in [0.2, 0.25) is 0 Å². The zero-order valence-electron chi connectivity index (χ0n) is 35.5. The molecule has 54 heavy (non-hydrogen) atoms. The summed E-state index contributed by atoms with van der Waals surface area (Å²) in [5.41, 5.74) is 0. The van der Waals surface area contributed by atoms with Gasteiger partial charge in [0, 0.05) is 12.8 Å². The molecule has 0 aliphatic carbocycles. The number of aliphatic hydroxyl groups excluding tert-OH is 1. The van der Waals surface area contributed by atoms with E-state index >= 15 is 0 Å². The second-order valence-electron chi connectivity index (χ2n) is 15.1. The molecule has 5 heteroatoms. The van der Waals surface area contributed by atoms with Crippen molar-refractivity contribution in [1.82, 2.24) is 0 Å². The standard InChI is InChI=1S/C49H86O5/c1-3-5-7-9-11-13-15-17-19-21-23-24-26-27-29-31-33-35-37-39-41-43-48(51)53-46-47(45-50)54-49(52)44-42-40-38-36-34-32-30-28-25-22-20-18-16-14-12-10-8-6-4-2/h12,14-15,17-18,20-21,23,25,28,47,50H,3-11,13,16,19,22,24,26-27,29-46H2,1-2H3/b14-12-,17-15-,20-18-,23-21-,28-25-. The average Bonchev–Trinajstić information content (AvgIpc) is 3.17. The van der Waals surface area contributed by atoms with E-state index in [1.165, 1.54) is 128 Å². The molecule has 0 amide bonds. The lowest BCUT2D eigenvalue weighted by Gasteiger charge is -2.15. The molecular weight excluding hydrogens is 669 g/mol. The fraction of sp³-hybridized carbons (Fsp3) is 0.755. The molecule has 5 nitrogen and oxygen atoms in total. The molecule has 0 aliphatic rings. The summed E-state index contributed by atoms with van der Waals surface area (Å²) in [6, 6.07) is 0. The van der Waals surface area contributed by atoms with Crippen LogP contribution in [-0.2, 0) is 19.1 Å². The molecule has 0 spiro atoms. The van der Waals surface area contributed by atoms with E-state index < -0.39 is 6.10 Å². The van der Waals surface area contributed by atoms with Gasteiger partial charge in [-0.3, -0.25) is 9.59 Å². The highest BCUT2D eigenvalue weighted by Gasteiger charge is 2.16. The van der Waals surface area contributed by atoms with Crippen molar-refractivity contribution < 1.29 is 24.2 Å². The SMILES string of the molecule is CCCCC/C=C\C/C=C\C/C=C\CCCCCCCCC(=O)OC(CO)COC(=O)CCCCCCCCCCC/C=C\C/C=C\CCCCCCC. The summed E-state index contributed by atoms with van der Waals surface area (Å²) >= 11 is 0. The Morgan fingerprint density at radius 3 is 1.15 bits per heavy atom. The van der Waals surface area contributed by atoms with Crippen molar-refractivity contribution in [3.8, 4) is 0 Å². The van der Waals surface area contributed by atoms with Crippen LogP contribution in [0.2, 0.25) is 0 Å². The predicted octanol–water partition coefficient (Wildman–Crippen LogP) is 14.7. The van der Waals surface area contributed by atoms with Crippen LogP contribution in [0.4, 0.5) is 0 Å². The summed E-state index contributed by atoms with van der Waals surface area (Å²) in [6.45, 7) is 4.09. The van der Waals surface area contributed by atoms with Crippen LogP contribution >= 0.6 is 0 Å². The Balaban J connectivity index is 3.57. The van der Waals surface area contributed by atoms with Crippen LogP contribution in [0.15, 0.2) is 60.8 Å². The van der Waals surface area contributed by atoms with Crippen molar-refractivity contribution >= 4 is 11.9 Å². The number of ether oxygens (including phenoxy) is 2. The van der Waals surface area contributed by atoms with E-state index in [1.54, 1.807) is 0 Å². The molecule has 0 aromatic carbocycles. The number of carbonyl (C=O) groups is 2. The Morgan fingerprint density at radius 1 is 0.426 bits per heavy atom. The fourth-order valence-electron chi connectivity index (χ4n) is 6.30. The van der Waals surface area contributed by atoms with Crippen LogP contribution in [0.25, 0.3) is 0 Å². The van der Waals surface area contributed by atoms with Crippen LogP contribution in [0, 0.1) is 0 Å². The second-order valence-corrected chi connectivity index (χ2v) is 15.1. The minimum absolute atomic E-state index is 0.0750. The molecule has 1 atom stereocenters. The largest absolute Gasteiger partial charge is 0.462 e. The molecule has 0 aromatic rings. The normalized spacial score (nSPS) is 12.7. The van der Waals surface area contributed by atoms with Crippen molar-refractivity contribution in [3.05, 3.63) is 60.8 Å². The van der Waals surface area contributed by atoms with Crippen LogP contribution in [0.1, 0.15) is 219 Å². The molecule has 0 heterocycles. The van der Waals surface area contributed by atoms with Gasteiger partial charge in [-0.25, -0.2) is 0 Å². The number of hydrogen-bond acceptors (Lipinski definition) is 5. The van der Waals surface area contributed by atoms with Crippen LogP contribution in [-0.4, -0.2) is 36.4 Å². The molecule has 0 rings (SSSR count). The van der Waals surface area contributed by atoms with E-state index in [0.717, 1.165) is 64.2 Å². The smallest absolute Gasteiger partial charge is 0.306 e. The lowest BCUT2D eigenvalue weighted by molar-refractivity contribution is -0.161. The summed E-state index contributed by atoms with van der Waals surface area (Å²) in [5.74, 6) is -0.609. The number of aliphatic hydroxyl groups is 1. The maximum atomic E-state index is 12.2. The predicted molar refractivity (Wildman–Crippen MR) is 233 cm³/mol. The van der Waals surface area contributed by atoms with Crippen molar-refractivity contribution in [3.63, 3.8) is 0 Å². The minimum atomic E-state index is -0.782. The van der Waals surface area contributed by atoms with Crippen LogP contribution in [0.3, 0.4) is 0 Å². The molecule has 0 aromatic heterocycles. The number of rotatable bonds is 41. The Morgan fingerprint density at radius 2 is 0.741 bits per heavy atom. The zero-order chi connectivity index (χ0) is 39.3. The molecule has 312 valence electrons. The summed E-state index contributed by atoms with van der Waals surface area (Å²) in [7, 11) is 0. The lowest BCUT2D eigenvalue weighted by Crippen LogP contribution is -2.28. The van der Waals surface area contributed by atoms with Gasteiger partial charge in [0.25, 0.3) is 0 Å². The van der Waals surface area contributed by atoms with Gasteiger partial charge in [0.1, 0.15) is 6.61 Å². The van der Waals surface area contributed by atoms with Gasteiger partial charge in [-0.1, -0.05) is 184 Å². The first kappa shape index (κ1) is 51.6. The average molecular weight is 755 g/mol. The third-order valence-electron chi connectivity index (χ3n) is 9.78. The molecule has 0 aliphatic heterocycles. The Labute approximate surface area is 334 Å². The van der Waals surface area contributed by atoms with Gasteiger partial charge in [-0.05, 0) is 83.5 Å². The second kappa shape index (κ2) is 45.0. The highest BCUT2D eigenvalue weighted by Crippen LogP contribution is 2.13. The molecule has 0 bridgehead atoms. The van der Waals surface area contributed by atoms with Gasteiger partial charge in [0.05, 0.1) is 6.61 Å². The maximum absolute atomic E-state index is 12.2. The van der Waals surface area contributed by atoms with Gasteiger partial charge in [0.15, 0.2) is 6.10 Å². The van der Waals surface area contributed by atoms with E-state index in [4.69, 9.17) is 9.47 Å². The zero-order valence-corrected chi connectivity index (χ0v) is 35.5. The van der Waals surface area contributed by atoms with Gasteiger partial charge < -0.3 is 14.6 Å². The molecule has 0 fully saturated rings. The van der Waals surface area contributed by atoms with Crippen LogP contribution in [0.5, 0.6) is 0 Å². The quantitative estimate of drug-likeness (QED) is 0.0382. The Hall–Kier alpha value is -2.40. The lowest BCUT2D eigenvalue weighted by atomic mass is 10.1. The van der Waals surface area contributed by atoms with E-state index in [2.05, 4.69) is 74.6 Å². The van der Waals surface area contributed by atoms with E-state index in [-0.39, 0.29) is 25.2 Å². The first-order valence-corrected chi connectivity index (χ1v) is 22.8. The van der Waals surface area contributed by atoms with E-state index in [9.17, 15) is 14.7 Å². The maximum Gasteiger partial charge on any atom is 0.306 e. The monoisotopic (exact) mass is 755 g/mol. The number of unbranched alkanes of at least 4 members (excludes halogenated alkanes) is 23. The third kappa shape index (κ3) is 42.3. The topological polar surface area (TPSA) is 72.8 Å². The summed E-state index contributed by atoms with van der Waals surface area (Å²) < 4.78 is 10.6. The third-order valence-corrected chi connectivity index (χ3v) is 9.78. The fourth-order valence-corrected chi connectivity index (χ4v) is 6.30. The number of allylic oxidation sites excluding steroid dienone is 10. The summed E-state index contributed by atoms with van der Waals surface area (Å²) in [4.78, 5) is 24.4. The molecule has 0 radical (unpaired) electrons. The summed E-state index contributed by atoms with van der Waals surface area (Å²) in [6.07, 6.45) is 58.6. The van der Waals surface area contributed by atoms with E-state index in [0.29, 0.717) is 12.8 Å². The number of esters is 2. The molecule has 0 saturated carbocycles.